The Hall–Kier alpha value is -2.93. The smallest absolute Gasteiger partial charge is 0.238 e. The van der Waals surface area contributed by atoms with Crippen molar-refractivity contribution in [3.63, 3.8) is 0 Å². The van der Waals surface area contributed by atoms with E-state index in [1.54, 1.807) is 36.7 Å². The second kappa shape index (κ2) is 6.45. The van der Waals surface area contributed by atoms with Crippen molar-refractivity contribution in [3.8, 4) is 11.6 Å². The third kappa shape index (κ3) is 3.83. The van der Waals surface area contributed by atoms with Gasteiger partial charge in [-0.2, -0.15) is 5.10 Å². The molecule has 0 spiro atoms. The largest absolute Gasteiger partial charge is 0.438 e. The lowest BCUT2D eigenvalue weighted by molar-refractivity contribution is 0.455. The number of rotatable bonds is 4. The molecule has 1 aromatic carbocycles. The number of benzene rings is 1. The summed E-state index contributed by atoms with van der Waals surface area (Å²) in [5.74, 6) is 1.36. The summed E-state index contributed by atoms with van der Waals surface area (Å²) in [6.07, 6.45) is 3.44. The van der Waals surface area contributed by atoms with Gasteiger partial charge in [-0.25, -0.2) is 9.66 Å². The Morgan fingerprint density at radius 3 is 2.57 bits per heavy atom. The molecule has 2 N–H and O–H groups in total. The van der Waals surface area contributed by atoms with Crippen LogP contribution in [0.1, 0.15) is 11.3 Å². The first-order valence-electron chi connectivity index (χ1n) is 6.73. The molecule has 23 heavy (non-hydrogen) atoms. The first-order valence-corrected chi connectivity index (χ1v) is 7.11. The van der Waals surface area contributed by atoms with Gasteiger partial charge in [-0.1, -0.05) is 11.6 Å². The zero-order valence-electron chi connectivity index (χ0n) is 12.2. The second-order valence-corrected chi connectivity index (χ2v) is 5.08. The Morgan fingerprint density at radius 1 is 1.17 bits per heavy atom. The van der Waals surface area contributed by atoms with Crippen LogP contribution in [0.4, 0.5) is 5.95 Å². The van der Waals surface area contributed by atoms with Crippen LogP contribution in [0, 0.1) is 6.92 Å². The molecule has 0 aliphatic rings. The van der Waals surface area contributed by atoms with E-state index in [1.807, 2.05) is 19.1 Å². The number of ether oxygens (including phenoxy) is 1. The van der Waals surface area contributed by atoms with Gasteiger partial charge in [0.2, 0.25) is 11.8 Å². The average Bonchev–Trinajstić information content (AvgIpc) is 2.87. The molecule has 3 rings (SSSR count). The molecule has 0 bridgehead atoms. The van der Waals surface area contributed by atoms with Crippen LogP contribution in [0.15, 0.2) is 47.7 Å². The van der Waals surface area contributed by atoms with Crippen molar-refractivity contribution in [2.24, 2.45) is 5.10 Å². The Morgan fingerprint density at radius 2 is 1.96 bits per heavy atom. The highest BCUT2D eigenvalue weighted by atomic mass is 35.5. The lowest BCUT2D eigenvalue weighted by atomic mass is 10.2. The monoisotopic (exact) mass is 328 g/mol. The topological polar surface area (TPSA) is 91.2 Å². The Bertz CT molecular complexity index is 826. The first kappa shape index (κ1) is 15.0. The number of hydrogen-bond donors (Lipinski definition) is 1. The van der Waals surface area contributed by atoms with Gasteiger partial charge in [0.15, 0.2) is 5.15 Å². The van der Waals surface area contributed by atoms with Crippen LogP contribution in [0.2, 0.25) is 5.15 Å². The van der Waals surface area contributed by atoms with E-state index >= 15 is 0 Å². The third-order valence-corrected chi connectivity index (χ3v) is 3.08. The van der Waals surface area contributed by atoms with E-state index in [0.717, 1.165) is 11.3 Å². The second-order valence-electron chi connectivity index (χ2n) is 4.70. The fourth-order valence-electron chi connectivity index (χ4n) is 1.83. The van der Waals surface area contributed by atoms with Gasteiger partial charge in [-0.3, -0.25) is 0 Å². The van der Waals surface area contributed by atoms with E-state index in [2.05, 4.69) is 20.3 Å². The minimum absolute atomic E-state index is 0.318. The van der Waals surface area contributed by atoms with Gasteiger partial charge in [0.1, 0.15) is 5.75 Å². The first-order chi connectivity index (χ1) is 11.1. The maximum absolute atomic E-state index is 5.72. The van der Waals surface area contributed by atoms with Gasteiger partial charge >= 0.3 is 0 Å². The van der Waals surface area contributed by atoms with Crippen molar-refractivity contribution in [3.05, 3.63) is 59.0 Å². The zero-order chi connectivity index (χ0) is 16.2. The number of nitrogens with zero attached hydrogens (tertiary/aromatic N) is 5. The molecular weight excluding hydrogens is 316 g/mol. The number of aryl methyl sites for hydroxylation is 1. The molecule has 7 nitrogen and oxygen atoms in total. The molecule has 0 radical (unpaired) electrons. The summed E-state index contributed by atoms with van der Waals surface area (Å²) in [5.41, 5.74) is 7.43. The molecule has 0 saturated heterocycles. The molecule has 2 heterocycles. The van der Waals surface area contributed by atoms with Crippen LogP contribution < -0.4 is 10.5 Å². The Kier molecular flexibility index (Phi) is 4.20. The van der Waals surface area contributed by atoms with Crippen LogP contribution in [0.25, 0.3) is 0 Å². The molecule has 0 atom stereocenters. The fourth-order valence-corrected chi connectivity index (χ4v) is 1.93. The van der Waals surface area contributed by atoms with Crippen molar-refractivity contribution in [1.82, 2.24) is 19.9 Å². The SMILES string of the molecule is Cc1cn(N=Cc2ccc(Oc3ccc(Cl)nn3)cc2)c(N)n1. The number of aromatic nitrogens is 4. The quantitative estimate of drug-likeness (QED) is 0.743. The highest BCUT2D eigenvalue weighted by Crippen LogP contribution is 2.19. The lowest BCUT2D eigenvalue weighted by Gasteiger charge is -2.03. The highest BCUT2D eigenvalue weighted by Gasteiger charge is 2.01. The van der Waals surface area contributed by atoms with Gasteiger partial charge in [0.25, 0.3) is 0 Å². The molecule has 116 valence electrons. The maximum atomic E-state index is 5.72. The molecule has 0 aliphatic heterocycles. The molecular formula is C15H13ClN6O. The minimum Gasteiger partial charge on any atom is -0.438 e. The van der Waals surface area contributed by atoms with E-state index in [9.17, 15) is 0 Å². The van der Waals surface area contributed by atoms with Gasteiger partial charge in [0.05, 0.1) is 18.1 Å². The van der Waals surface area contributed by atoms with Gasteiger partial charge < -0.3 is 10.5 Å². The van der Waals surface area contributed by atoms with Gasteiger partial charge in [-0.05, 0) is 42.8 Å². The van der Waals surface area contributed by atoms with Gasteiger partial charge in [0, 0.05) is 6.07 Å². The summed E-state index contributed by atoms with van der Waals surface area (Å²) in [5, 5.41) is 12.1. The number of imidazole rings is 1. The summed E-state index contributed by atoms with van der Waals surface area (Å²) in [6.45, 7) is 1.86. The van der Waals surface area contributed by atoms with Crippen LogP contribution in [-0.2, 0) is 0 Å². The number of halogens is 1. The Labute approximate surface area is 137 Å². The minimum atomic E-state index is 0.318. The molecule has 0 aliphatic carbocycles. The molecule has 0 saturated carbocycles. The molecule has 0 amide bonds. The van der Waals surface area contributed by atoms with Crippen molar-refractivity contribution < 1.29 is 4.74 Å². The standard InChI is InChI=1S/C15H13ClN6O/c1-10-9-22(15(17)19-10)18-8-11-2-4-12(5-3-11)23-14-7-6-13(16)20-21-14/h2-9H,1H3,(H2,17,19). The highest BCUT2D eigenvalue weighted by molar-refractivity contribution is 6.29. The van der Waals surface area contributed by atoms with Crippen LogP contribution in [0.5, 0.6) is 11.6 Å². The third-order valence-electron chi connectivity index (χ3n) is 2.88. The maximum Gasteiger partial charge on any atom is 0.238 e. The number of anilines is 1. The number of nitrogen functional groups attached to an aromatic ring is 1. The molecule has 2 aromatic heterocycles. The van der Waals surface area contributed by atoms with E-state index in [1.165, 1.54) is 4.68 Å². The molecule has 0 unspecified atom stereocenters. The van der Waals surface area contributed by atoms with Crippen LogP contribution >= 0.6 is 11.6 Å². The van der Waals surface area contributed by atoms with Crippen molar-refractivity contribution >= 4 is 23.8 Å². The van der Waals surface area contributed by atoms with E-state index in [4.69, 9.17) is 22.1 Å². The van der Waals surface area contributed by atoms with Crippen molar-refractivity contribution in [1.29, 1.82) is 0 Å². The summed E-state index contributed by atoms with van der Waals surface area (Å²) >= 11 is 5.67. The molecule has 3 aromatic rings. The van der Waals surface area contributed by atoms with E-state index in [-0.39, 0.29) is 0 Å². The predicted molar refractivity (Wildman–Crippen MR) is 87.9 cm³/mol. The summed E-state index contributed by atoms with van der Waals surface area (Å²) in [4.78, 5) is 4.08. The van der Waals surface area contributed by atoms with E-state index in [0.29, 0.717) is 22.7 Å². The fraction of sp³-hybridized carbons (Fsp3) is 0.0667. The van der Waals surface area contributed by atoms with E-state index < -0.39 is 0 Å². The van der Waals surface area contributed by atoms with Gasteiger partial charge in [-0.15, -0.1) is 10.2 Å². The molecule has 0 fully saturated rings. The zero-order valence-corrected chi connectivity index (χ0v) is 13.0. The molecule has 8 heteroatoms. The summed E-state index contributed by atoms with van der Waals surface area (Å²) in [7, 11) is 0. The number of hydrogen-bond acceptors (Lipinski definition) is 6. The summed E-state index contributed by atoms with van der Waals surface area (Å²) in [6, 6.07) is 10.6. The van der Waals surface area contributed by atoms with Crippen molar-refractivity contribution in [2.75, 3.05) is 5.73 Å². The van der Waals surface area contributed by atoms with Crippen LogP contribution in [-0.4, -0.2) is 26.1 Å². The Balaban J connectivity index is 1.69. The van der Waals surface area contributed by atoms with Crippen LogP contribution in [0.3, 0.4) is 0 Å². The lowest BCUT2D eigenvalue weighted by Crippen LogP contribution is -1.97. The summed E-state index contributed by atoms with van der Waals surface area (Å²) < 4.78 is 7.08. The number of nitrogens with two attached hydrogens (primary N) is 1. The predicted octanol–water partition coefficient (Wildman–Crippen LogP) is 2.89. The average molecular weight is 329 g/mol. The normalized spacial score (nSPS) is 11.0. The van der Waals surface area contributed by atoms with Crippen molar-refractivity contribution in [2.45, 2.75) is 6.92 Å².